The van der Waals surface area contributed by atoms with Crippen LogP contribution in [0.2, 0.25) is 0 Å². The summed E-state index contributed by atoms with van der Waals surface area (Å²) in [6.07, 6.45) is 0. The van der Waals surface area contributed by atoms with Gasteiger partial charge in [-0.3, -0.25) is 0 Å². The molecule has 0 aromatic heterocycles. The summed E-state index contributed by atoms with van der Waals surface area (Å²) in [5.74, 6) is 0.269. The number of hydrogen-bond donors (Lipinski definition) is 0. The fourth-order valence-electron chi connectivity index (χ4n) is 0.760. The van der Waals surface area contributed by atoms with Crippen LogP contribution in [-0.2, 0) is 0 Å². The van der Waals surface area contributed by atoms with Gasteiger partial charge in [0.15, 0.2) is 24.2 Å². The third-order valence-electron chi connectivity index (χ3n) is 1.89. The Bertz CT molecular complexity index is 370. The second-order valence-corrected chi connectivity index (χ2v) is 4.09. The molecule has 0 rings (SSSR count). The molecule has 0 spiro atoms. The Labute approximate surface area is 108 Å². The number of nitriles is 4. The quantitative estimate of drug-likeness (QED) is 0.705. The van der Waals surface area contributed by atoms with Crippen molar-refractivity contribution < 1.29 is 0 Å². The lowest BCUT2D eigenvalue weighted by atomic mass is 10.1. The standard InChI is InChI=1S/C10H16N4.C2N2/c1-7(2)9(5-11)13-14-10(6-12)8(3)4;3-1-2-4/h7-10H,1-4H3;. The van der Waals surface area contributed by atoms with E-state index >= 15 is 0 Å². The summed E-state index contributed by atoms with van der Waals surface area (Å²) < 4.78 is 0. The zero-order chi connectivity index (χ0) is 14.6. The van der Waals surface area contributed by atoms with Crippen LogP contribution in [0.4, 0.5) is 0 Å². The van der Waals surface area contributed by atoms with E-state index in [-0.39, 0.29) is 11.8 Å². The smallest absolute Gasteiger partial charge is 0.181 e. The molecule has 0 saturated heterocycles. The molecule has 6 nitrogen and oxygen atoms in total. The molecule has 0 aromatic carbocycles. The molecule has 2 unspecified atom stereocenters. The summed E-state index contributed by atoms with van der Waals surface area (Å²) in [7, 11) is 0. The lowest BCUT2D eigenvalue weighted by molar-refractivity contribution is 0.507. The maximum Gasteiger partial charge on any atom is 0.181 e. The lowest BCUT2D eigenvalue weighted by Crippen LogP contribution is -2.13. The van der Waals surface area contributed by atoms with E-state index in [9.17, 15) is 0 Å². The van der Waals surface area contributed by atoms with E-state index in [1.165, 1.54) is 12.1 Å². The van der Waals surface area contributed by atoms with Gasteiger partial charge in [-0.15, -0.1) is 0 Å². The van der Waals surface area contributed by atoms with E-state index < -0.39 is 12.1 Å². The van der Waals surface area contributed by atoms with Gasteiger partial charge < -0.3 is 0 Å². The Morgan fingerprint density at radius 3 is 1.06 bits per heavy atom. The zero-order valence-corrected chi connectivity index (χ0v) is 11.0. The van der Waals surface area contributed by atoms with E-state index in [1.807, 2.05) is 27.7 Å². The first kappa shape index (κ1) is 17.9. The molecule has 0 heterocycles. The van der Waals surface area contributed by atoms with Crippen LogP contribution >= 0.6 is 0 Å². The van der Waals surface area contributed by atoms with Crippen molar-refractivity contribution >= 4 is 0 Å². The molecule has 0 aromatic rings. The van der Waals surface area contributed by atoms with Crippen molar-refractivity contribution in [1.29, 1.82) is 21.0 Å². The van der Waals surface area contributed by atoms with Gasteiger partial charge in [0.2, 0.25) is 0 Å². The second-order valence-electron chi connectivity index (χ2n) is 4.09. The Hall–Kier alpha value is -2.44. The average molecular weight is 244 g/mol. The summed E-state index contributed by atoms with van der Waals surface area (Å²) in [5.41, 5.74) is 0. The van der Waals surface area contributed by atoms with Crippen LogP contribution in [0.1, 0.15) is 27.7 Å². The van der Waals surface area contributed by atoms with Gasteiger partial charge in [0.05, 0.1) is 12.1 Å². The van der Waals surface area contributed by atoms with Gasteiger partial charge in [-0.05, 0) is 11.8 Å². The molecule has 0 radical (unpaired) electrons. The summed E-state index contributed by atoms with van der Waals surface area (Å²) in [4.78, 5) is 0. The molecule has 0 N–H and O–H groups in total. The van der Waals surface area contributed by atoms with E-state index in [0.717, 1.165) is 0 Å². The SMILES string of the molecule is CC(C)C(C#N)N=NC(C#N)C(C)C.N#CC#N. The van der Waals surface area contributed by atoms with Crippen molar-refractivity contribution in [2.75, 3.05) is 0 Å². The first-order valence-corrected chi connectivity index (χ1v) is 5.41. The minimum atomic E-state index is -0.440. The Balaban J connectivity index is 0. The first-order valence-electron chi connectivity index (χ1n) is 5.41. The molecule has 0 saturated carbocycles. The lowest BCUT2D eigenvalue weighted by Gasteiger charge is -2.09. The van der Waals surface area contributed by atoms with Crippen LogP contribution in [0, 0.1) is 57.2 Å². The molecule has 94 valence electrons. The van der Waals surface area contributed by atoms with E-state index in [1.54, 1.807) is 0 Å². The normalized spacial score (nSPS) is 12.6. The molecule has 0 aliphatic rings. The largest absolute Gasteiger partial charge is 0.196 e. The third kappa shape index (κ3) is 8.84. The minimum absolute atomic E-state index is 0.134. The fraction of sp³-hybridized carbons (Fsp3) is 0.667. The first-order chi connectivity index (χ1) is 8.44. The number of rotatable bonds is 4. The Kier molecular flexibility index (Phi) is 11.0. The molecule has 0 fully saturated rings. The van der Waals surface area contributed by atoms with E-state index in [4.69, 9.17) is 21.0 Å². The zero-order valence-electron chi connectivity index (χ0n) is 11.0. The van der Waals surface area contributed by atoms with Crippen LogP contribution in [0.5, 0.6) is 0 Å². The minimum Gasteiger partial charge on any atom is -0.196 e. The van der Waals surface area contributed by atoms with Crippen molar-refractivity contribution in [3.05, 3.63) is 0 Å². The monoisotopic (exact) mass is 244 g/mol. The molecule has 0 aliphatic carbocycles. The summed E-state index contributed by atoms with van der Waals surface area (Å²) >= 11 is 0. The molecule has 18 heavy (non-hydrogen) atoms. The third-order valence-corrected chi connectivity index (χ3v) is 1.89. The van der Waals surface area contributed by atoms with Gasteiger partial charge in [-0.25, -0.2) is 0 Å². The maximum absolute atomic E-state index is 8.73. The van der Waals surface area contributed by atoms with Crippen LogP contribution in [-0.4, -0.2) is 12.1 Å². The summed E-state index contributed by atoms with van der Waals surface area (Å²) in [5, 5.41) is 39.7. The van der Waals surface area contributed by atoms with Crippen LogP contribution in [0.15, 0.2) is 10.2 Å². The van der Waals surface area contributed by atoms with Crippen molar-refractivity contribution in [2.45, 2.75) is 39.8 Å². The number of hydrogen-bond acceptors (Lipinski definition) is 6. The second kappa shape index (κ2) is 11.1. The van der Waals surface area contributed by atoms with Gasteiger partial charge in [0.1, 0.15) is 0 Å². The van der Waals surface area contributed by atoms with Crippen molar-refractivity contribution in [1.82, 2.24) is 0 Å². The highest BCUT2D eigenvalue weighted by Gasteiger charge is 2.14. The molecular formula is C12H16N6. The van der Waals surface area contributed by atoms with Crippen molar-refractivity contribution in [3.8, 4) is 24.3 Å². The predicted molar refractivity (Wildman–Crippen MR) is 64.6 cm³/mol. The van der Waals surface area contributed by atoms with Gasteiger partial charge >= 0.3 is 0 Å². The molecule has 0 amide bonds. The molecule has 6 heteroatoms. The Morgan fingerprint density at radius 1 is 0.667 bits per heavy atom. The summed E-state index contributed by atoms with van der Waals surface area (Å²) in [6.45, 7) is 7.63. The number of nitrogens with zero attached hydrogens (tertiary/aromatic N) is 6. The van der Waals surface area contributed by atoms with E-state index in [2.05, 4.69) is 22.4 Å². The van der Waals surface area contributed by atoms with Crippen LogP contribution in [0.25, 0.3) is 0 Å². The number of azo groups is 1. The van der Waals surface area contributed by atoms with Crippen molar-refractivity contribution in [2.24, 2.45) is 22.1 Å². The van der Waals surface area contributed by atoms with E-state index in [0.29, 0.717) is 0 Å². The van der Waals surface area contributed by atoms with Gasteiger partial charge in [0.25, 0.3) is 0 Å². The van der Waals surface area contributed by atoms with Crippen LogP contribution < -0.4 is 0 Å². The molecule has 0 bridgehead atoms. The average Bonchev–Trinajstić information content (AvgIpc) is 2.34. The highest BCUT2D eigenvalue weighted by atomic mass is 15.1. The molecule has 0 aliphatic heterocycles. The summed E-state index contributed by atoms with van der Waals surface area (Å²) in [6, 6.07) is 5.69. The topological polar surface area (TPSA) is 120 Å². The van der Waals surface area contributed by atoms with Crippen LogP contribution in [0.3, 0.4) is 0 Å². The molecular weight excluding hydrogens is 228 g/mol. The van der Waals surface area contributed by atoms with Crippen molar-refractivity contribution in [3.63, 3.8) is 0 Å². The van der Waals surface area contributed by atoms with Gasteiger partial charge in [-0.1, -0.05) is 27.7 Å². The Morgan fingerprint density at radius 2 is 0.944 bits per heavy atom. The highest BCUT2D eigenvalue weighted by molar-refractivity contribution is 4.99. The highest BCUT2D eigenvalue weighted by Crippen LogP contribution is 2.10. The fourth-order valence-corrected chi connectivity index (χ4v) is 0.760. The molecule has 2 atom stereocenters. The predicted octanol–water partition coefficient (Wildman–Crippen LogP) is 2.57. The maximum atomic E-state index is 8.73. The van der Waals surface area contributed by atoms with Gasteiger partial charge in [0, 0.05) is 0 Å². The van der Waals surface area contributed by atoms with Gasteiger partial charge in [-0.2, -0.15) is 31.3 Å².